The molecule has 0 spiro atoms. The molecular weight excluding hydrogens is 631 g/mol. The molecule has 0 amide bonds. The number of imidazole rings is 1. The Morgan fingerprint density at radius 1 is 0.385 bits per heavy atom. The average Bonchev–Trinajstić information content (AvgIpc) is 3.77. The summed E-state index contributed by atoms with van der Waals surface area (Å²) in [5, 5.41) is 9.97. The number of H-pyrrole nitrogens is 1. The van der Waals surface area contributed by atoms with Gasteiger partial charge < -0.3 is 4.98 Å². The third kappa shape index (κ3) is 4.36. The van der Waals surface area contributed by atoms with Crippen molar-refractivity contribution in [2.45, 2.75) is 0 Å². The molecule has 2 aromatic heterocycles. The highest BCUT2D eigenvalue weighted by Gasteiger charge is 2.19. The third-order valence-corrected chi connectivity index (χ3v) is 10.7. The van der Waals surface area contributed by atoms with Crippen molar-refractivity contribution in [2.75, 3.05) is 0 Å². The lowest BCUT2D eigenvalue weighted by Gasteiger charge is -2.18. The number of hydrogen-bond donors (Lipinski definition) is 1. The van der Waals surface area contributed by atoms with E-state index in [-0.39, 0.29) is 0 Å². The van der Waals surface area contributed by atoms with E-state index < -0.39 is 0 Å². The van der Waals surface area contributed by atoms with Crippen LogP contribution < -0.4 is 0 Å². The van der Waals surface area contributed by atoms with Crippen LogP contribution in [0.5, 0.6) is 0 Å². The van der Waals surface area contributed by atoms with Crippen LogP contribution >= 0.6 is 0 Å². The zero-order chi connectivity index (χ0) is 34.2. The first-order valence-electron chi connectivity index (χ1n) is 17.8. The van der Waals surface area contributed by atoms with Gasteiger partial charge in [-0.25, -0.2) is 4.98 Å². The van der Waals surface area contributed by atoms with Crippen molar-refractivity contribution in [3.05, 3.63) is 182 Å². The Labute approximate surface area is 300 Å². The van der Waals surface area contributed by atoms with Crippen LogP contribution in [0.2, 0.25) is 0 Å². The summed E-state index contributed by atoms with van der Waals surface area (Å²) in [5.41, 5.74) is 11.5. The molecule has 0 atom stereocenters. The van der Waals surface area contributed by atoms with Crippen LogP contribution in [0.25, 0.3) is 104 Å². The standard InChI is InChI=1S/C49H31N3/c1-2-14-36(15-3-1)52-46-21-11-10-20-44(46)51-49(52)32-24-22-31(23-25-32)47-37-16-6-8-18-39(37)48(40-19-9-7-17-38(40)47)35-26-27-43-41(29-35)42-28-33-12-4-5-13-34(33)30-45(42)50-43/h1-30,50H. The van der Waals surface area contributed by atoms with Crippen molar-refractivity contribution in [2.24, 2.45) is 0 Å². The van der Waals surface area contributed by atoms with E-state index in [0.29, 0.717) is 0 Å². The molecule has 11 aromatic rings. The molecule has 0 saturated heterocycles. The molecule has 52 heavy (non-hydrogen) atoms. The van der Waals surface area contributed by atoms with Crippen LogP contribution in [0.4, 0.5) is 0 Å². The van der Waals surface area contributed by atoms with E-state index in [0.717, 1.165) is 33.6 Å². The second-order valence-electron chi connectivity index (χ2n) is 13.6. The molecule has 0 radical (unpaired) electrons. The first kappa shape index (κ1) is 28.8. The SMILES string of the molecule is c1ccc(-n2c(-c3ccc(-c4c5ccccc5c(-c5ccc6[nH]c7cc8ccccc8cc7c6c5)c5ccccc45)cc3)nc3ccccc32)cc1. The van der Waals surface area contributed by atoms with Crippen LogP contribution in [0, 0.1) is 0 Å². The number of aromatic nitrogens is 3. The monoisotopic (exact) mass is 661 g/mol. The highest BCUT2D eigenvalue weighted by Crippen LogP contribution is 2.45. The van der Waals surface area contributed by atoms with Gasteiger partial charge in [0.15, 0.2) is 0 Å². The second-order valence-corrected chi connectivity index (χ2v) is 13.6. The number of para-hydroxylation sites is 3. The summed E-state index contributed by atoms with van der Waals surface area (Å²) >= 11 is 0. The van der Waals surface area contributed by atoms with Crippen LogP contribution in [0.3, 0.4) is 0 Å². The van der Waals surface area contributed by atoms with E-state index in [1.165, 1.54) is 70.9 Å². The molecule has 0 aliphatic rings. The lowest BCUT2D eigenvalue weighted by atomic mass is 9.85. The fraction of sp³-hybridized carbons (Fsp3) is 0. The van der Waals surface area contributed by atoms with Gasteiger partial charge in [0.05, 0.1) is 11.0 Å². The summed E-state index contributed by atoms with van der Waals surface area (Å²) < 4.78 is 2.26. The summed E-state index contributed by atoms with van der Waals surface area (Å²) in [4.78, 5) is 8.80. The molecule has 11 rings (SSSR count). The largest absolute Gasteiger partial charge is 0.354 e. The first-order valence-corrected chi connectivity index (χ1v) is 17.8. The fourth-order valence-electron chi connectivity index (χ4n) is 8.34. The molecule has 0 saturated carbocycles. The van der Waals surface area contributed by atoms with Crippen LogP contribution in [0.1, 0.15) is 0 Å². The van der Waals surface area contributed by atoms with Crippen molar-refractivity contribution in [3.63, 3.8) is 0 Å². The Hall–Kier alpha value is -6.97. The summed E-state index contributed by atoms with van der Waals surface area (Å²) in [6.45, 7) is 0. The molecule has 242 valence electrons. The molecule has 0 fully saturated rings. The molecule has 0 unspecified atom stereocenters. The van der Waals surface area contributed by atoms with Crippen LogP contribution in [-0.2, 0) is 0 Å². The Kier molecular flexibility index (Phi) is 6.25. The van der Waals surface area contributed by atoms with Gasteiger partial charge in [-0.1, -0.05) is 133 Å². The van der Waals surface area contributed by atoms with Gasteiger partial charge in [0.25, 0.3) is 0 Å². The lowest BCUT2D eigenvalue weighted by Crippen LogP contribution is -1.97. The Morgan fingerprint density at radius 3 is 1.63 bits per heavy atom. The van der Waals surface area contributed by atoms with E-state index >= 15 is 0 Å². The van der Waals surface area contributed by atoms with E-state index in [1.807, 2.05) is 0 Å². The molecule has 1 N–H and O–H groups in total. The van der Waals surface area contributed by atoms with Crippen molar-refractivity contribution < 1.29 is 0 Å². The second kappa shape index (κ2) is 11.3. The van der Waals surface area contributed by atoms with Crippen molar-refractivity contribution in [3.8, 4) is 39.3 Å². The number of nitrogens with one attached hydrogen (secondary N) is 1. The molecule has 3 nitrogen and oxygen atoms in total. The molecule has 9 aromatic carbocycles. The lowest BCUT2D eigenvalue weighted by molar-refractivity contribution is 1.10. The van der Waals surface area contributed by atoms with Gasteiger partial charge in [0.2, 0.25) is 0 Å². The Bertz CT molecular complexity index is 3110. The number of benzene rings is 9. The minimum absolute atomic E-state index is 0.935. The predicted octanol–water partition coefficient (Wildman–Crippen LogP) is 13.1. The van der Waals surface area contributed by atoms with Gasteiger partial charge >= 0.3 is 0 Å². The van der Waals surface area contributed by atoms with Gasteiger partial charge in [0.1, 0.15) is 5.82 Å². The number of hydrogen-bond acceptors (Lipinski definition) is 1. The number of rotatable bonds is 4. The smallest absolute Gasteiger partial charge is 0.145 e. The van der Waals surface area contributed by atoms with Gasteiger partial charge in [-0.05, 0) is 103 Å². The number of fused-ring (bicyclic) bond motifs is 7. The summed E-state index contributed by atoms with van der Waals surface area (Å²) in [5.74, 6) is 0.935. The van der Waals surface area contributed by atoms with Gasteiger partial charge in [-0.2, -0.15) is 0 Å². The van der Waals surface area contributed by atoms with E-state index in [2.05, 4.69) is 192 Å². The van der Waals surface area contributed by atoms with Gasteiger partial charge in [-0.3, -0.25) is 4.57 Å². The zero-order valence-electron chi connectivity index (χ0n) is 28.2. The molecule has 0 aliphatic carbocycles. The minimum Gasteiger partial charge on any atom is -0.354 e. The van der Waals surface area contributed by atoms with Gasteiger partial charge in [-0.15, -0.1) is 0 Å². The fourth-order valence-corrected chi connectivity index (χ4v) is 8.34. The maximum Gasteiger partial charge on any atom is 0.145 e. The first-order chi connectivity index (χ1) is 25.8. The van der Waals surface area contributed by atoms with Crippen LogP contribution in [0.15, 0.2) is 182 Å². The molecular formula is C49H31N3. The maximum atomic E-state index is 5.12. The molecule has 2 heterocycles. The van der Waals surface area contributed by atoms with E-state index in [4.69, 9.17) is 4.98 Å². The predicted molar refractivity (Wildman–Crippen MR) is 219 cm³/mol. The Balaban J connectivity index is 1.10. The molecule has 3 heteroatoms. The highest BCUT2D eigenvalue weighted by molar-refractivity contribution is 6.22. The normalized spacial score (nSPS) is 11.8. The van der Waals surface area contributed by atoms with E-state index in [9.17, 15) is 0 Å². The topological polar surface area (TPSA) is 33.6 Å². The summed E-state index contributed by atoms with van der Waals surface area (Å²) in [6.07, 6.45) is 0. The van der Waals surface area contributed by atoms with Crippen LogP contribution in [-0.4, -0.2) is 14.5 Å². The number of nitrogens with zero attached hydrogens (tertiary/aromatic N) is 2. The summed E-state index contributed by atoms with van der Waals surface area (Å²) in [6, 6.07) is 65.7. The van der Waals surface area contributed by atoms with Crippen molar-refractivity contribution in [1.82, 2.24) is 14.5 Å². The third-order valence-electron chi connectivity index (χ3n) is 10.7. The molecule has 0 aliphatic heterocycles. The summed E-state index contributed by atoms with van der Waals surface area (Å²) in [7, 11) is 0. The number of aromatic amines is 1. The zero-order valence-corrected chi connectivity index (χ0v) is 28.2. The van der Waals surface area contributed by atoms with Crippen molar-refractivity contribution in [1.29, 1.82) is 0 Å². The van der Waals surface area contributed by atoms with Crippen molar-refractivity contribution >= 4 is 65.2 Å². The minimum atomic E-state index is 0.935. The van der Waals surface area contributed by atoms with Gasteiger partial charge in [0, 0.05) is 33.1 Å². The highest BCUT2D eigenvalue weighted by atomic mass is 15.1. The average molecular weight is 662 g/mol. The maximum absolute atomic E-state index is 5.12. The van der Waals surface area contributed by atoms with E-state index in [1.54, 1.807) is 0 Å². The quantitative estimate of drug-likeness (QED) is 0.187. The Morgan fingerprint density at radius 2 is 0.923 bits per heavy atom. The molecule has 0 bridgehead atoms.